The van der Waals surface area contributed by atoms with Gasteiger partial charge >= 0.3 is 0 Å². The van der Waals surface area contributed by atoms with Crippen LogP contribution in [-0.2, 0) is 11.2 Å². The summed E-state index contributed by atoms with van der Waals surface area (Å²) in [4.78, 5) is 18.6. The van der Waals surface area contributed by atoms with Gasteiger partial charge in [-0.3, -0.25) is 9.78 Å². The first-order valence-corrected chi connectivity index (χ1v) is 10.8. The lowest BCUT2D eigenvalue weighted by Crippen LogP contribution is -2.43. The van der Waals surface area contributed by atoms with E-state index in [9.17, 15) is 27.5 Å². The number of nitrogens with one attached hydrogen (secondary N) is 1. The Labute approximate surface area is 190 Å². The summed E-state index contributed by atoms with van der Waals surface area (Å²) in [6, 6.07) is 4.64. The van der Waals surface area contributed by atoms with E-state index in [-0.39, 0.29) is 31.0 Å². The van der Waals surface area contributed by atoms with E-state index in [2.05, 4.69) is 10.3 Å². The topological polar surface area (TPSA) is 65.5 Å². The van der Waals surface area contributed by atoms with Crippen molar-refractivity contribution in [2.75, 3.05) is 20.6 Å². The van der Waals surface area contributed by atoms with Crippen molar-refractivity contribution >= 4 is 5.91 Å². The molecule has 0 radical (unpaired) electrons. The zero-order valence-electron chi connectivity index (χ0n) is 18.9. The van der Waals surface area contributed by atoms with Crippen LogP contribution < -0.4 is 5.32 Å². The predicted molar refractivity (Wildman–Crippen MR) is 116 cm³/mol. The van der Waals surface area contributed by atoms with Gasteiger partial charge in [0.1, 0.15) is 5.82 Å². The van der Waals surface area contributed by atoms with E-state index >= 15 is 0 Å². The van der Waals surface area contributed by atoms with Crippen molar-refractivity contribution in [1.29, 1.82) is 0 Å². The molecule has 9 heteroatoms. The summed E-state index contributed by atoms with van der Waals surface area (Å²) < 4.78 is 56.8. The Morgan fingerprint density at radius 2 is 1.97 bits per heavy atom. The van der Waals surface area contributed by atoms with Crippen LogP contribution in [0, 0.1) is 17.0 Å². The number of carbonyl (C=O) groups excluding carboxylic acids is 1. The molecule has 0 saturated heterocycles. The predicted octanol–water partition coefficient (Wildman–Crippen LogP) is 4.26. The molecule has 1 aromatic heterocycles. The first kappa shape index (κ1) is 25.0. The van der Waals surface area contributed by atoms with Crippen molar-refractivity contribution in [3.63, 3.8) is 0 Å². The number of carbonyl (C=O) groups is 1. The monoisotopic (exact) mass is 467 g/mol. The van der Waals surface area contributed by atoms with Crippen LogP contribution in [0.25, 0.3) is 0 Å². The highest BCUT2D eigenvalue weighted by atomic mass is 19.3. The van der Waals surface area contributed by atoms with Crippen LogP contribution in [0.4, 0.5) is 17.6 Å². The van der Waals surface area contributed by atoms with E-state index in [1.165, 1.54) is 6.20 Å². The molecule has 1 aliphatic carbocycles. The Kier molecular flexibility index (Phi) is 7.31. The maximum Gasteiger partial charge on any atom is 0.251 e. The second-order valence-electron chi connectivity index (χ2n) is 9.11. The number of pyridine rings is 1. The molecule has 0 unspecified atom stereocenters. The number of hydrogen-bond acceptors (Lipinski definition) is 4. The second kappa shape index (κ2) is 9.67. The molecule has 2 atom stereocenters. The molecule has 2 N–H and O–H groups in total. The number of aromatic hydroxyl groups is 1. The van der Waals surface area contributed by atoms with Crippen molar-refractivity contribution < 1.29 is 27.5 Å². The highest BCUT2D eigenvalue weighted by molar-refractivity contribution is 5.77. The number of hydrogen-bond donors (Lipinski definition) is 2. The molecule has 0 spiro atoms. The first-order chi connectivity index (χ1) is 15.4. The quantitative estimate of drug-likeness (QED) is 0.513. The van der Waals surface area contributed by atoms with Gasteiger partial charge in [-0.15, -0.1) is 0 Å². The van der Waals surface area contributed by atoms with Crippen molar-refractivity contribution in [3.05, 3.63) is 59.4 Å². The van der Waals surface area contributed by atoms with Gasteiger partial charge in [0.15, 0.2) is 11.6 Å². The van der Waals surface area contributed by atoms with Crippen LogP contribution in [0.1, 0.15) is 43.2 Å². The van der Waals surface area contributed by atoms with Crippen LogP contribution >= 0.6 is 0 Å². The van der Waals surface area contributed by atoms with E-state index in [1.807, 2.05) is 0 Å². The van der Waals surface area contributed by atoms with Crippen LogP contribution in [0.15, 0.2) is 36.7 Å². The maximum atomic E-state index is 14.5. The summed E-state index contributed by atoms with van der Waals surface area (Å²) in [6.45, 7) is 1.01. The number of benzene rings is 1. The normalized spacial score (nSPS) is 17.0. The molecular weight excluding hydrogens is 438 g/mol. The number of aromatic nitrogens is 1. The van der Waals surface area contributed by atoms with Crippen molar-refractivity contribution in [2.24, 2.45) is 5.41 Å². The molecular formula is C24H29F4N3O2. The number of nitrogens with zero attached hydrogens (tertiary/aromatic N) is 2. The molecule has 0 aliphatic heterocycles. The summed E-state index contributed by atoms with van der Waals surface area (Å²) >= 11 is 0. The van der Waals surface area contributed by atoms with Gasteiger partial charge in [0.2, 0.25) is 5.91 Å². The third-order valence-electron chi connectivity index (χ3n) is 6.64. The summed E-state index contributed by atoms with van der Waals surface area (Å²) in [6.07, 6.45) is 3.69. The Morgan fingerprint density at radius 3 is 2.52 bits per heavy atom. The van der Waals surface area contributed by atoms with Gasteiger partial charge in [0.25, 0.3) is 5.92 Å². The van der Waals surface area contributed by atoms with Crippen LogP contribution in [0.3, 0.4) is 0 Å². The smallest absolute Gasteiger partial charge is 0.251 e. The van der Waals surface area contributed by atoms with Gasteiger partial charge in [-0.1, -0.05) is 6.07 Å². The van der Waals surface area contributed by atoms with Crippen molar-refractivity contribution in [1.82, 2.24) is 15.2 Å². The standard InChI is InChI=1S/C24H29F4N3O2/c1-23(27,28)24(6-7-24)18(15-5-4-8-29-13-15)11-22(33)30-14-17(31(2)3)9-16-10-20(26)21(32)12-19(16)25/h4-5,8,10,12-13,17-18,32H,6-7,9,11,14H2,1-3H3,(H,30,33)/t17-,18+/m0/s1. The minimum absolute atomic E-state index is 0.0639. The number of alkyl halides is 2. The first-order valence-electron chi connectivity index (χ1n) is 10.8. The van der Waals surface area contributed by atoms with Gasteiger partial charge < -0.3 is 15.3 Å². The van der Waals surface area contributed by atoms with E-state index in [0.29, 0.717) is 24.5 Å². The molecule has 1 heterocycles. The van der Waals surface area contributed by atoms with Crippen LogP contribution in [-0.4, -0.2) is 53.5 Å². The summed E-state index contributed by atoms with van der Waals surface area (Å²) in [5.41, 5.74) is -0.618. The molecule has 0 bridgehead atoms. The number of phenols is 1. The zero-order valence-corrected chi connectivity index (χ0v) is 18.9. The lowest BCUT2D eigenvalue weighted by Gasteiger charge is -2.32. The van der Waals surface area contributed by atoms with E-state index in [4.69, 9.17) is 0 Å². The highest BCUT2D eigenvalue weighted by Gasteiger charge is 2.63. The van der Waals surface area contributed by atoms with Gasteiger partial charge in [0.05, 0.1) is 0 Å². The minimum atomic E-state index is -2.94. The molecule has 33 heavy (non-hydrogen) atoms. The summed E-state index contributed by atoms with van der Waals surface area (Å²) in [7, 11) is 3.47. The number of likely N-dealkylation sites (N-methyl/N-ethyl adjacent to an activating group) is 1. The van der Waals surface area contributed by atoms with Crippen molar-refractivity contribution in [2.45, 2.75) is 50.5 Å². The molecule has 1 aromatic carbocycles. The number of halogens is 4. The largest absolute Gasteiger partial charge is 0.505 e. The third-order valence-corrected chi connectivity index (χ3v) is 6.64. The third kappa shape index (κ3) is 5.63. The van der Waals surface area contributed by atoms with E-state index < -0.39 is 40.5 Å². The lowest BCUT2D eigenvalue weighted by atomic mass is 9.77. The van der Waals surface area contributed by atoms with Gasteiger partial charge in [-0.05, 0) is 63.5 Å². The Morgan fingerprint density at radius 1 is 1.27 bits per heavy atom. The average molecular weight is 468 g/mol. The van der Waals surface area contributed by atoms with Crippen molar-refractivity contribution in [3.8, 4) is 5.75 Å². The molecule has 5 nitrogen and oxygen atoms in total. The highest BCUT2D eigenvalue weighted by Crippen LogP contribution is 2.65. The fourth-order valence-electron chi connectivity index (χ4n) is 4.36. The molecule has 1 amide bonds. The average Bonchev–Trinajstić information content (AvgIpc) is 3.55. The van der Waals surface area contributed by atoms with Gasteiger partial charge in [-0.25, -0.2) is 17.6 Å². The number of phenolic OH excluding ortho intramolecular Hbond substituents is 1. The lowest BCUT2D eigenvalue weighted by molar-refractivity contribution is -0.123. The minimum Gasteiger partial charge on any atom is -0.505 e. The molecule has 1 saturated carbocycles. The fourth-order valence-corrected chi connectivity index (χ4v) is 4.36. The SMILES string of the molecule is CN(C)[C@H](CNC(=O)C[C@H](c1cccnc1)C1(C(C)(F)F)CC1)Cc1cc(F)c(O)cc1F. The maximum absolute atomic E-state index is 14.5. The number of rotatable bonds is 10. The molecule has 3 rings (SSSR count). The molecule has 1 aliphatic rings. The fraction of sp³-hybridized carbons (Fsp3) is 0.500. The summed E-state index contributed by atoms with van der Waals surface area (Å²) in [5.74, 6) is -6.47. The van der Waals surface area contributed by atoms with Crippen LogP contribution in [0.5, 0.6) is 5.75 Å². The zero-order chi connectivity index (χ0) is 24.4. The molecule has 2 aromatic rings. The van der Waals surface area contributed by atoms with Crippen LogP contribution in [0.2, 0.25) is 0 Å². The van der Waals surface area contributed by atoms with E-state index in [1.54, 1.807) is 37.3 Å². The van der Waals surface area contributed by atoms with E-state index in [0.717, 1.165) is 13.0 Å². The molecule has 180 valence electrons. The Bertz CT molecular complexity index is 976. The van der Waals surface area contributed by atoms with Gasteiger partial charge in [-0.2, -0.15) is 0 Å². The summed E-state index contributed by atoms with van der Waals surface area (Å²) in [5, 5.41) is 12.1. The van der Waals surface area contributed by atoms with Gasteiger partial charge in [0, 0.05) is 48.8 Å². The second-order valence-corrected chi connectivity index (χ2v) is 9.11. The Hall–Kier alpha value is -2.68. The number of amides is 1. The Balaban J connectivity index is 1.70. The molecule has 1 fully saturated rings.